The number of ether oxygens (including phenoxy) is 1. The zero-order valence-corrected chi connectivity index (χ0v) is 7.56. The van der Waals surface area contributed by atoms with Gasteiger partial charge in [-0.2, -0.15) is 0 Å². The Morgan fingerprint density at radius 2 is 2.36 bits per heavy atom. The summed E-state index contributed by atoms with van der Waals surface area (Å²) in [6.07, 6.45) is 0.677. The van der Waals surface area contributed by atoms with Crippen LogP contribution in [0.2, 0.25) is 0 Å². The zero-order valence-electron chi connectivity index (χ0n) is 7.56. The summed E-state index contributed by atoms with van der Waals surface area (Å²) in [5, 5.41) is 8.78. The second-order valence-electron chi connectivity index (χ2n) is 3.40. The number of carboxylic acid groups (broad SMARTS) is 1. The minimum absolute atomic E-state index is 0.0356. The van der Waals surface area contributed by atoms with Gasteiger partial charge in [-0.3, -0.25) is 0 Å². The first-order valence-electron chi connectivity index (χ1n) is 4.41. The Morgan fingerprint density at radius 3 is 3.07 bits per heavy atom. The predicted molar refractivity (Wildman–Crippen MR) is 50.6 cm³/mol. The molecule has 2 rings (SSSR count). The van der Waals surface area contributed by atoms with Gasteiger partial charge in [-0.25, -0.2) is 4.79 Å². The van der Waals surface area contributed by atoms with E-state index < -0.39 is 5.97 Å². The number of fused-ring (bicyclic) bond motifs is 1. The molecule has 0 fully saturated rings. The van der Waals surface area contributed by atoms with E-state index in [1.54, 1.807) is 12.1 Å². The van der Waals surface area contributed by atoms with E-state index in [2.05, 4.69) is 0 Å². The quantitative estimate of drug-likeness (QED) is 0.686. The van der Waals surface area contributed by atoms with E-state index in [9.17, 15) is 4.79 Å². The highest BCUT2D eigenvalue weighted by Gasteiger charge is 2.17. The van der Waals surface area contributed by atoms with E-state index in [4.69, 9.17) is 15.6 Å². The molecule has 1 aliphatic heterocycles. The molecule has 0 aliphatic carbocycles. The average Bonchev–Trinajstić information content (AvgIpc) is 2.16. The Hall–Kier alpha value is -1.55. The Morgan fingerprint density at radius 1 is 1.57 bits per heavy atom. The number of carboxylic acids is 1. The maximum Gasteiger partial charge on any atom is 0.335 e. The summed E-state index contributed by atoms with van der Waals surface area (Å²) in [7, 11) is 0. The van der Waals surface area contributed by atoms with E-state index in [1.165, 1.54) is 6.07 Å². The molecule has 0 bridgehead atoms. The van der Waals surface area contributed by atoms with Crippen molar-refractivity contribution < 1.29 is 14.6 Å². The summed E-state index contributed by atoms with van der Waals surface area (Å²) < 4.78 is 5.35. The van der Waals surface area contributed by atoms with Gasteiger partial charge >= 0.3 is 5.97 Å². The molecule has 1 aromatic carbocycles. The van der Waals surface area contributed by atoms with Crippen molar-refractivity contribution in [2.24, 2.45) is 5.73 Å². The van der Waals surface area contributed by atoms with Gasteiger partial charge in [0.2, 0.25) is 0 Å². The fraction of sp³-hybridized carbons (Fsp3) is 0.300. The molecule has 1 aliphatic rings. The fourth-order valence-electron chi connectivity index (χ4n) is 1.55. The van der Waals surface area contributed by atoms with Gasteiger partial charge in [-0.05, 0) is 30.2 Å². The SMILES string of the molecule is NC1COc2ccc(C(=O)O)cc2C1. The Bertz CT molecular complexity index is 376. The second-order valence-corrected chi connectivity index (χ2v) is 3.40. The van der Waals surface area contributed by atoms with E-state index in [1.807, 2.05) is 0 Å². The Labute approximate surface area is 81.3 Å². The highest BCUT2D eigenvalue weighted by molar-refractivity contribution is 5.88. The molecule has 0 amide bonds. The molecule has 0 radical (unpaired) electrons. The standard InChI is InChI=1S/C10H11NO3/c11-8-4-7-3-6(10(12)13)1-2-9(7)14-5-8/h1-3,8H,4-5,11H2,(H,12,13). The van der Waals surface area contributed by atoms with Crippen LogP contribution in [0.3, 0.4) is 0 Å². The predicted octanol–water partition coefficient (Wildman–Crippen LogP) is 0.647. The van der Waals surface area contributed by atoms with E-state index in [0.717, 1.165) is 11.3 Å². The highest BCUT2D eigenvalue weighted by atomic mass is 16.5. The molecular weight excluding hydrogens is 182 g/mol. The van der Waals surface area contributed by atoms with Crippen LogP contribution < -0.4 is 10.5 Å². The summed E-state index contributed by atoms with van der Waals surface area (Å²) in [5.41, 5.74) is 6.86. The number of benzene rings is 1. The van der Waals surface area contributed by atoms with Gasteiger partial charge in [0, 0.05) is 6.04 Å². The number of carbonyl (C=O) groups is 1. The molecule has 1 atom stereocenters. The third-order valence-electron chi connectivity index (χ3n) is 2.24. The smallest absolute Gasteiger partial charge is 0.335 e. The third-order valence-corrected chi connectivity index (χ3v) is 2.24. The Kier molecular flexibility index (Phi) is 2.13. The van der Waals surface area contributed by atoms with Gasteiger partial charge in [0.25, 0.3) is 0 Å². The second kappa shape index (κ2) is 3.31. The van der Waals surface area contributed by atoms with Crippen molar-refractivity contribution in [2.45, 2.75) is 12.5 Å². The van der Waals surface area contributed by atoms with Gasteiger partial charge in [0.05, 0.1) is 5.56 Å². The number of hydrogen-bond donors (Lipinski definition) is 2. The number of aromatic carboxylic acids is 1. The van der Waals surface area contributed by atoms with Gasteiger partial charge < -0.3 is 15.6 Å². The van der Waals surface area contributed by atoms with Gasteiger partial charge in [-0.15, -0.1) is 0 Å². The maximum atomic E-state index is 10.7. The topological polar surface area (TPSA) is 72.5 Å². The third kappa shape index (κ3) is 1.56. The van der Waals surface area contributed by atoms with Gasteiger partial charge in [-0.1, -0.05) is 0 Å². The van der Waals surface area contributed by atoms with Crippen LogP contribution in [-0.2, 0) is 6.42 Å². The molecule has 0 spiro atoms. The highest BCUT2D eigenvalue weighted by Crippen LogP contribution is 2.25. The van der Waals surface area contributed by atoms with Crippen LogP contribution in [0.15, 0.2) is 18.2 Å². The number of rotatable bonds is 1. The lowest BCUT2D eigenvalue weighted by Crippen LogP contribution is -2.33. The molecule has 4 heteroatoms. The van der Waals surface area contributed by atoms with Crippen molar-refractivity contribution in [1.29, 1.82) is 0 Å². The molecule has 1 aromatic rings. The van der Waals surface area contributed by atoms with Crippen LogP contribution in [0, 0.1) is 0 Å². The summed E-state index contributed by atoms with van der Waals surface area (Å²) in [5.74, 6) is -0.177. The van der Waals surface area contributed by atoms with Crippen molar-refractivity contribution in [1.82, 2.24) is 0 Å². The molecule has 0 saturated carbocycles. The summed E-state index contributed by atoms with van der Waals surface area (Å²) >= 11 is 0. The van der Waals surface area contributed by atoms with Crippen LogP contribution in [-0.4, -0.2) is 23.7 Å². The number of nitrogens with two attached hydrogens (primary N) is 1. The molecule has 1 heterocycles. The van der Waals surface area contributed by atoms with Crippen LogP contribution in [0.5, 0.6) is 5.75 Å². The fourth-order valence-corrected chi connectivity index (χ4v) is 1.55. The van der Waals surface area contributed by atoms with Crippen molar-refractivity contribution in [3.05, 3.63) is 29.3 Å². The first-order valence-corrected chi connectivity index (χ1v) is 4.41. The maximum absolute atomic E-state index is 10.7. The monoisotopic (exact) mass is 193 g/mol. The summed E-state index contributed by atoms with van der Waals surface area (Å²) in [6.45, 7) is 0.499. The van der Waals surface area contributed by atoms with Crippen molar-refractivity contribution in [2.75, 3.05) is 6.61 Å². The minimum Gasteiger partial charge on any atom is -0.492 e. The first kappa shape index (κ1) is 9.02. The molecule has 14 heavy (non-hydrogen) atoms. The number of hydrogen-bond acceptors (Lipinski definition) is 3. The normalized spacial score (nSPS) is 19.6. The molecule has 74 valence electrons. The lowest BCUT2D eigenvalue weighted by molar-refractivity contribution is 0.0696. The van der Waals surface area contributed by atoms with Crippen molar-refractivity contribution in [3.8, 4) is 5.75 Å². The molecular formula is C10H11NO3. The summed E-state index contributed by atoms with van der Waals surface area (Å²) in [6, 6.07) is 4.81. The average molecular weight is 193 g/mol. The van der Waals surface area contributed by atoms with Crippen molar-refractivity contribution >= 4 is 5.97 Å². The van der Waals surface area contributed by atoms with Gasteiger partial charge in [0.1, 0.15) is 12.4 Å². The van der Waals surface area contributed by atoms with Crippen LogP contribution in [0.4, 0.5) is 0 Å². The largest absolute Gasteiger partial charge is 0.492 e. The van der Waals surface area contributed by atoms with E-state index in [0.29, 0.717) is 13.0 Å². The van der Waals surface area contributed by atoms with Crippen LogP contribution >= 0.6 is 0 Å². The van der Waals surface area contributed by atoms with E-state index in [-0.39, 0.29) is 11.6 Å². The molecule has 4 nitrogen and oxygen atoms in total. The van der Waals surface area contributed by atoms with Crippen molar-refractivity contribution in [3.63, 3.8) is 0 Å². The lowest BCUT2D eigenvalue weighted by Gasteiger charge is -2.22. The molecule has 3 N–H and O–H groups in total. The first-order chi connectivity index (χ1) is 6.66. The Balaban J connectivity index is 2.37. The minimum atomic E-state index is -0.924. The van der Waals surface area contributed by atoms with Crippen LogP contribution in [0.25, 0.3) is 0 Å². The molecule has 0 saturated heterocycles. The zero-order chi connectivity index (χ0) is 10.1. The van der Waals surface area contributed by atoms with Gasteiger partial charge in [0.15, 0.2) is 0 Å². The molecule has 0 aromatic heterocycles. The lowest BCUT2D eigenvalue weighted by atomic mass is 10.0. The van der Waals surface area contributed by atoms with E-state index >= 15 is 0 Å². The molecule has 1 unspecified atom stereocenters. The van der Waals surface area contributed by atoms with Crippen LogP contribution in [0.1, 0.15) is 15.9 Å². The summed E-state index contributed by atoms with van der Waals surface area (Å²) in [4.78, 5) is 10.7.